The molecule has 0 aliphatic rings. The second-order valence-electron chi connectivity index (χ2n) is 3.89. The molecule has 0 unspecified atom stereocenters. The Labute approximate surface area is 110 Å². The summed E-state index contributed by atoms with van der Waals surface area (Å²) in [6.07, 6.45) is 3.07. The molecule has 5 nitrogen and oxygen atoms in total. The van der Waals surface area contributed by atoms with Gasteiger partial charge in [0.05, 0.1) is 5.71 Å². The Morgan fingerprint density at radius 2 is 1.89 bits per heavy atom. The van der Waals surface area contributed by atoms with Crippen molar-refractivity contribution in [2.24, 2.45) is 5.10 Å². The van der Waals surface area contributed by atoms with E-state index in [-0.39, 0.29) is 11.7 Å². The van der Waals surface area contributed by atoms with E-state index in [1.165, 1.54) is 12.4 Å². The number of benzene rings is 1. The molecule has 0 radical (unpaired) electrons. The van der Waals surface area contributed by atoms with Gasteiger partial charge in [0.2, 0.25) is 0 Å². The number of nitrogens with zero attached hydrogens (tertiary/aromatic N) is 2. The van der Waals surface area contributed by atoms with Crippen molar-refractivity contribution < 1.29 is 9.90 Å². The van der Waals surface area contributed by atoms with Gasteiger partial charge in [-0.2, -0.15) is 5.10 Å². The van der Waals surface area contributed by atoms with E-state index in [1.807, 2.05) is 0 Å². The number of nitrogens with one attached hydrogen (secondary N) is 1. The first-order chi connectivity index (χ1) is 9.18. The van der Waals surface area contributed by atoms with Crippen LogP contribution in [0.3, 0.4) is 0 Å². The third-order valence-corrected chi connectivity index (χ3v) is 2.56. The molecule has 0 atom stereocenters. The number of carbonyl (C=O) groups is 1. The van der Waals surface area contributed by atoms with Crippen LogP contribution in [0.4, 0.5) is 0 Å². The van der Waals surface area contributed by atoms with Crippen molar-refractivity contribution in [1.82, 2.24) is 10.4 Å². The summed E-state index contributed by atoms with van der Waals surface area (Å²) in [5.74, 6) is -0.195. The van der Waals surface area contributed by atoms with Crippen LogP contribution in [0.1, 0.15) is 22.8 Å². The predicted molar refractivity (Wildman–Crippen MR) is 72.0 cm³/mol. The Morgan fingerprint density at radius 3 is 2.58 bits per heavy atom. The van der Waals surface area contributed by atoms with Gasteiger partial charge in [-0.25, -0.2) is 5.43 Å². The maximum atomic E-state index is 11.8. The van der Waals surface area contributed by atoms with Gasteiger partial charge in [0.1, 0.15) is 5.75 Å². The monoisotopic (exact) mass is 255 g/mol. The van der Waals surface area contributed by atoms with Gasteiger partial charge in [0.15, 0.2) is 0 Å². The van der Waals surface area contributed by atoms with E-state index >= 15 is 0 Å². The molecule has 5 heteroatoms. The van der Waals surface area contributed by atoms with Crippen molar-refractivity contribution in [3.8, 4) is 5.75 Å². The standard InChI is InChI=1S/C14H13N3O2/c1-10(12-4-2-3-5-13(12)18)16-17-14(19)11-6-8-15-9-7-11/h2-9,18H,1H3,(H,17,19)/b16-10+. The van der Waals surface area contributed by atoms with Crippen molar-refractivity contribution in [1.29, 1.82) is 0 Å². The number of amides is 1. The quantitative estimate of drug-likeness (QED) is 0.650. The number of phenols is 1. The van der Waals surface area contributed by atoms with E-state index < -0.39 is 0 Å². The lowest BCUT2D eigenvalue weighted by atomic mass is 10.1. The first-order valence-electron chi connectivity index (χ1n) is 5.71. The molecule has 1 aromatic heterocycles. The molecule has 0 saturated carbocycles. The summed E-state index contributed by atoms with van der Waals surface area (Å²) < 4.78 is 0. The van der Waals surface area contributed by atoms with E-state index in [1.54, 1.807) is 43.3 Å². The second-order valence-corrected chi connectivity index (χ2v) is 3.89. The molecule has 0 aliphatic heterocycles. The minimum Gasteiger partial charge on any atom is -0.507 e. The van der Waals surface area contributed by atoms with E-state index in [0.29, 0.717) is 16.8 Å². The predicted octanol–water partition coefficient (Wildman–Crippen LogP) is 1.94. The van der Waals surface area contributed by atoms with Crippen LogP contribution in [-0.2, 0) is 0 Å². The van der Waals surface area contributed by atoms with Crippen LogP contribution in [0.15, 0.2) is 53.9 Å². The molecule has 0 saturated heterocycles. The normalized spacial score (nSPS) is 11.1. The van der Waals surface area contributed by atoms with Crippen LogP contribution >= 0.6 is 0 Å². The van der Waals surface area contributed by atoms with Crippen LogP contribution in [0.5, 0.6) is 5.75 Å². The molecule has 2 rings (SSSR count). The Hall–Kier alpha value is -2.69. The fraction of sp³-hybridized carbons (Fsp3) is 0.0714. The number of hydrazone groups is 1. The van der Waals surface area contributed by atoms with Crippen molar-refractivity contribution in [2.75, 3.05) is 0 Å². The van der Waals surface area contributed by atoms with Gasteiger partial charge in [-0.05, 0) is 31.2 Å². The summed E-state index contributed by atoms with van der Waals surface area (Å²) >= 11 is 0. The molecule has 2 N–H and O–H groups in total. The summed E-state index contributed by atoms with van der Waals surface area (Å²) in [6.45, 7) is 1.71. The second kappa shape index (κ2) is 5.77. The summed E-state index contributed by atoms with van der Waals surface area (Å²) in [6, 6.07) is 10.0. The molecular formula is C14H13N3O2. The summed E-state index contributed by atoms with van der Waals surface area (Å²) in [5.41, 5.74) is 4.02. The lowest BCUT2D eigenvalue weighted by Gasteiger charge is -2.04. The smallest absolute Gasteiger partial charge is 0.271 e. The third kappa shape index (κ3) is 3.16. The van der Waals surface area contributed by atoms with E-state index in [2.05, 4.69) is 15.5 Å². The molecule has 1 heterocycles. The first-order valence-corrected chi connectivity index (χ1v) is 5.71. The average Bonchev–Trinajstić information content (AvgIpc) is 2.46. The maximum absolute atomic E-state index is 11.8. The van der Waals surface area contributed by atoms with E-state index in [4.69, 9.17) is 0 Å². The number of aromatic hydroxyl groups is 1. The van der Waals surface area contributed by atoms with Crippen LogP contribution in [0.2, 0.25) is 0 Å². The van der Waals surface area contributed by atoms with Crippen LogP contribution in [0, 0.1) is 0 Å². The van der Waals surface area contributed by atoms with Crippen LogP contribution in [0.25, 0.3) is 0 Å². The minimum atomic E-state index is -0.322. The highest BCUT2D eigenvalue weighted by Crippen LogP contribution is 2.16. The molecule has 2 aromatic rings. The largest absolute Gasteiger partial charge is 0.507 e. The fourth-order valence-electron chi connectivity index (χ4n) is 1.54. The average molecular weight is 255 g/mol. The number of para-hydroxylation sites is 1. The number of hydrogen-bond donors (Lipinski definition) is 2. The van der Waals surface area contributed by atoms with Gasteiger partial charge >= 0.3 is 0 Å². The van der Waals surface area contributed by atoms with Crippen molar-refractivity contribution in [3.63, 3.8) is 0 Å². The lowest BCUT2D eigenvalue weighted by Crippen LogP contribution is -2.19. The van der Waals surface area contributed by atoms with Crippen LogP contribution in [-0.4, -0.2) is 21.7 Å². The van der Waals surface area contributed by atoms with Gasteiger partial charge in [-0.15, -0.1) is 0 Å². The molecule has 1 amide bonds. The van der Waals surface area contributed by atoms with Gasteiger partial charge < -0.3 is 5.11 Å². The third-order valence-electron chi connectivity index (χ3n) is 2.56. The van der Waals surface area contributed by atoms with E-state index in [0.717, 1.165) is 0 Å². The number of hydrogen-bond acceptors (Lipinski definition) is 4. The zero-order valence-electron chi connectivity index (χ0n) is 10.4. The highest BCUT2D eigenvalue weighted by atomic mass is 16.3. The van der Waals surface area contributed by atoms with Crippen molar-refractivity contribution in [3.05, 3.63) is 59.9 Å². The summed E-state index contributed by atoms with van der Waals surface area (Å²) in [7, 11) is 0. The summed E-state index contributed by atoms with van der Waals surface area (Å²) in [4.78, 5) is 15.6. The molecule has 1 aromatic carbocycles. The minimum absolute atomic E-state index is 0.127. The number of carbonyl (C=O) groups excluding carboxylic acids is 1. The Morgan fingerprint density at radius 1 is 1.21 bits per heavy atom. The fourth-order valence-corrected chi connectivity index (χ4v) is 1.54. The highest BCUT2D eigenvalue weighted by molar-refractivity contribution is 6.02. The number of phenolic OH excluding ortho intramolecular Hbond substituents is 1. The SMILES string of the molecule is C/C(=N\NC(=O)c1ccncc1)c1ccccc1O. The first kappa shape index (κ1) is 12.8. The lowest BCUT2D eigenvalue weighted by molar-refractivity contribution is 0.0954. The van der Waals surface area contributed by atoms with Crippen molar-refractivity contribution in [2.45, 2.75) is 6.92 Å². The molecule has 0 aliphatic carbocycles. The number of rotatable bonds is 3. The maximum Gasteiger partial charge on any atom is 0.271 e. The van der Waals surface area contributed by atoms with Gasteiger partial charge in [0, 0.05) is 23.5 Å². The molecular weight excluding hydrogens is 242 g/mol. The highest BCUT2D eigenvalue weighted by Gasteiger charge is 2.06. The Balaban J connectivity index is 2.11. The van der Waals surface area contributed by atoms with E-state index in [9.17, 15) is 9.90 Å². The molecule has 0 spiro atoms. The van der Waals surface area contributed by atoms with Gasteiger partial charge in [-0.3, -0.25) is 9.78 Å². The van der Waals surface area contributed by atoms with Crippen molar-refractivity contribution >= 4 is 11.6 Å². The molecule has 19 heavy (non-hydrogen) atoms. The Bertz CT molecular complexity index is 609. The van der Waals surface area contributed by atoms with Gasteiger partial charge in [0.25, 0.3) is 5.91 Å². The number of aromatic nitrogens is 1. The molecule has 0 bridgehead atoms. The van der Waals surface area contributed by atoms with Crippen LogP contribution < -0.4 is 5.43 Å². The zero-order chi connectivity index (χ0) is 13.7. The summed E-state index contributed by atoms with van der Waals surface area (Å²) in [5, 5.41) is 13.6. The Kier molecular flexibility index (Phi) is 3.87. The molecule has 96 valence electrons. The zero-order valence-corrected chi connectivity index (χ0v) is 10.4. The number of pyridine rings is 1. The van der Waals surface area contributed by atoms with Gasteiger partial charge in [-0.1, -0.05) is 12.1 Å². The molecule has 0 fully saturated rings. The topological polar surface area (TPSA) is 74.6 Å².